The van der Waals surface area contributed by atoms with Gasteiger partial charge in [-0.3, -0.25) is 4.79 Å². The number of nitrogens with one attached hydrogen (secondary N) is 2. The van der Waals surface area contributed by atoms with Crippen molar-refractivity contribution in [3.05, 3.63) is 29.8 Å². The maximum atomic E-state index is 11.8. The molecule has 0 saturated carbocycles. The second-order valence-corrected chi connectivity index (χ2v) is 5.10. The Kier molecular flexibility index (Phi) is 6.36. The maximum Gasteiger partial charge on any atom is 0.220 e. The van der Waals surface area contributed by atoms with Crippen LogP contribution in [0.25, 0.3) is 0 Å². The van der Waals surface area contributed by atoms with Gasteiger partial charge in [-0.05, 0) is 37.6 Å². The molecule has 1 rings (SSSR count). The number of amides is 1. The van der Waals surface area contributed by atoms with Gasteiger partial charge in [0.25, 0.3) is 0 Å². The van der Waals surface area contributed by atoms with Crippen LogP contribution < -0.4 is 10.6 Å². The molecule has 1 unspecified atom stereocenters. The van der Waals surface area contributed by atoms with Crippen LogP contribution in [-0.2, 0) is 4.79 Å². The van der Waals surface area contributed by atoms with Crippen LogP contribution in [0.3, 0.4) is 0 Å². The fourth-order valence-corrected chi connectivity index (χ4v) is 1.83. The first-order valence-electron chi connectivity index (χ1n) is 6.80. The Bertz CT molecular complexity index is 405. The molecule has 3 N–H and O–H groups in total. The molecule has 0 fully saturated rings. The van der Waals surface area contributed by atoms with E-state index in [1.54, 1.807) is 18.2 Å². The van der Waals surface area contributed by atoms with E-state index in [0.29, 0.717) is 12.5 Å². The standard InChI is InChI=1S/C15H24N2O2/c1-11(2)16-9-5-8-15(19)17-12(3)13-6-4-7-14(18)10-13/h4,6-7,10-12,16,18H,5,8-9H2,1-3H3,(H,17,19). The van der Waals surface area contributed by atoms with Crippen molar-refractivity contribution < 1.29 is 9.90 Å². The summed E-state index contributed by atoms with van der Waals surface area (Å²) in [5.41, 5.74) is 0.911. The monoisotopic (exact) mass is 264 g/mol. The van der Waals surface area contributed by atoms with Crippen molar-refractivity contribution >= 4 is 5.91 Å². The molecule has 1 amide bonds. The number of benzene rings is 1. The van der Waals surface area contributed by atoms with Crippen molar-refractivity contribution in [3.8, 4) is 5.75 Å². The Hall–Kier alpha value is -1.55. The van der Waals surface area contributed by atoms with Gasteiger partial charge in [-0.15, -0.1) is 0 Å². The molecule has 4 heteroatoms. The van der Waals surface area contributed by atoms with E-state index >= 15 is 0 Å². The topological polar surface area (TPSA) is 61.4 Å². The number of carbonyl (C=O) groups excluding carboxylic acids is 1. The van der Waals surface area contributed by atoms with Crippen LogP contribution in [0.5, 0.6) is 5.75 Å². The average molecular weight is 264 g/mol. The van der Waals surface area contributed by atoms with E-state index in [0.717, 1.165) is 18.5 Å². The van der Waals surface area contributed by atoms with Crippen LogP contribution >= 0.6 is 0 Å². The third-order valence-electron chi connectivity index (χ3n) is 2.88. The molecule has 0 aliphatic heterocycles. The Morgan fingerprint density at radius 1 is 1.32 bits per heavy atom. The zero-order valence-corrected chi connectivity index (χ0v) is 11.9. The van der Waals surface area contributed by atoms with Crippen LogP contribution in [0.15, 0.2) is 24.3 Å². The highest BCUT2D eigenvalue weighted by Crippen LogP contribution is 2.17. The summed E-state index contributed by atoms with van der Waals surface area (Å²) in [6.07, 6.45) is 1.35. The molecule has 0 aliphatic rings. The van der Waals surface area contributed by atoms with E-state index in [1.807, 2.05) is 13.0 Å². The van der Waals surface area contributed by atoms with E-state index in [1.165, 1.54) is 0 Å². The van der Waals surface area contributed by atoms with Crippen LogP contribution in [0.4, 0.5) is 0 Å². The van der Waals surface area contributed by atoms with Crippen molar-refractivity contribution in [2.75, 3.05) is 6.54 Å². The number of carbonyl (C=O) groups is 1. The Labute approximate surface area is 115 Å². The lowest BCUT2D eigenvalue weighted by molar-refractivity contribution is -0.121. The lowest BCUT2D eigenvalue weighted by Crippen LogP contribution is -2.28. The van der Waals surface area contributed by atoms with E-state index < -0.39 is 0 Å². The van der Waals surface area contributed by atoms with E-state index in [-0.39, 0.29) is 17.7 Å². The smallest absolute Gasteiger partial charge is 0.220 e. The fourth-order valence-electron chi connectivity index (χ4n) is 1.83. The zero-order chi connectivity index (χ0) is 14.3. The number of phenolic OH excluding ortho intramolecular Hbond substituents is 1. The van der Waals surface area contributed by atoms with Crippen LogP contribution in [0.1, 0.15) is 45.2 Å². The Morgan fingerprint density at radius 3 is 2.68 bits per heavy atom. The first-order chi connectivity index (χ1) is 8.99. The minimum atomic E-state index is -0.0855. The SMILES string of the molecule is CC(C)NCCCC(=O)NC(C)c1cccc(O)c1. The van der Waals surface area contributed by atoms with Crippen LogP contribution in [0.2, 0.25) is 0 Å². The van der Waals surface area contributed by atoms with Gasteiger partial charge in [0.05, 0.1) is 6.04 Å². The third-order valence-corrected chi connectivity index (χ3v) is 2.88. The summed E-state index contributed by atoms with van der Waals surface area (Å²) in [5, 5.41) is 15.6. The quantitative estimate of drug-likeness (QED) is 0.662. The van der Waals surface area contributed by atoms with Crippen molar-refractivity contribution in [2.45, 2.75) is 45.7 Å². The highest BCUT2D eigenvalue weighted by atomic mass is 16.3. The van der Waals surface area contributed by atoms with Crippen molar-refractivity contribution in [1.82, 2.24) is 10.6 Å². The lowest BCUT2D eigenvalue weighted by atomic mass is 10.1. The van der Waals surface area contributed by atoms with E-state index in [2.05, 4.69) is 24.5 Å². The molecule has 0 aromatic heterocycles. The van der Waals surface area contributed by atoms with Crippen molar-refractivity contribution in [3.63, 3.8) is 0 Å². The number of hydrogen-bond donors (Lipinski definition) is 3. The van der Waals surface area contributed by atoms with Crippen molar-refractivity contribution in [1.29, 1.82) is 0 Å². The highest BCUT2D eigenvalue weighted by Gasteiger charge is 2.09. The van der Waals surface area contributed by atoms with Gasteiger partial charge in [0.1, 0.15) is 5.75 Å². The molecule has 1 atom stereocenters. The summed E-state index contributed by atoms with van der Waals surface area (Å²) < 4.78 is 0. The Balaban J connectivity index is 2.32. The number of hydrogen-bond acceptors (Lipinski definition) is 3. The largest absolute Gasteiger partial charge is 0.508 e. The first kappa shape index (κ1) is 15.5. The van der Waals surface area contributed by atoms with Gasteiger partial charge in [0.2, 0.25) is 5.91 Å². The average Bonchev–Trinajstić information content (AvgIpc) is 2.34. The first-order valence-corrected chi connectivity index (χ1v) is 6.80. The second kappa shape index (κ2) is 7.79. The molecule has 19 heavy (non-hydrogen) atoms. The molecule has 4 nitrogen and oxygen atoms in total. The normalized spacial score (nSPS) is 12.4. The molecule has 106 valence electrons. The molecular formula is C15H24N2O2. The highest BCUT2D eigenvalue weighted by molar-refractivity contribution is 5.76. The fraction of sp³-hybridized carbons (Fsp3) is 0.533. The van der Waals surface area contributed by atoms with Crippen molar-refractivity contribution in [2.24, 2.45) is 0 Å². The summed E-state index contributed by atoms with van der Waals surface area (Å²) in [5.74, 6) is 0.265. The van der Waals surface area contributed by atoms with Gasteiger partial charge in [-0.1, -0.05) is 26.0 Å². The molecule has 0 spiro atoms. The summed E-state index contributed by atoms with van der Waals surface area (Å²) in [4.78, 5) is 11.8. The lowest BCUT2D eigenvalue weighted by Gasteiger charge is -2.15. The number of rotatable bonds is 7. The van der Waals surface area contributed by atoms with E-state index in [4.69, 9.17) is 0 Å². The molecule has 1 aromatic carbocycles. The van der Waals surface area contributed by atoms with Crippen LogP contribution in [-0.4, -0.2) is 23.6 Å². The van der Waals surface area contributed by atoms with Gasteiger partial charge in [-0.25, -0.2) is 0 Å². The Morgan fingerprint density at radius 2 is 2.05 bits per heavy atom. The summed E-state index contributed by atoms with van der Waals surface area (Å²) >= 11 is 0. The number of phenols is 1. The maximum absolute atomic E-state index is 11.8. The van der Waals surface area contributed by atoms with E-state index in [9.17, 15) is 9.90 Å². The van der Waals surface area contributed by atoms with Gasteiger partial charge in [0.15, 0.2) is 0 Å². The minimum absolute atomic E-state index is 0.0430. The van der Waals surface area contributed by atoms with Gasteiger partial charge in [-0.2, -0.15) is 0 Å². The summed E-state index contributed by atoms with van der Waals surface area (Å²) in [7, 11) is 0. The summed E-state index contributed by atoms with van der Waals surface area (Å²) in [6.45, 7) is 6.94. The molecular weight excluding hydrogens is 240 g/mol. The molecule has 0 bridgehead atoms. The summed E-state index contributed by atoms with van der Waals surface area (Å²) in [6, 6.07) is 7.33. The number of aromatic hydroxyl groups is 1. The van der Waals surface area contributed by atoms with Gasteiger partial charge < -0.3 is 15.7 Å². The minimum Gasteiger partial charge on any atom is -0.508 e. The third kappa shape index (κ3) is 6.25. The predicted molar refractivity (Wildman–Crippen MR) is 77.0 cm³/mol. The molecule has 1 aromatic rings. The molecule has 0 radical (unpaired) electrons. The zero-order valence-electron chi connectivity index (χ0n) is 11.9. The molecule has 0 saturated heterocycles. The molecule has 0 heterocycles. The van der Waals surface area contributed by atoms with Gasteiger partial charge in [0, 0.05) is 12.5 Å². The molecule has 0 aliphatic carbocycles. The van der Waals surface area contributed by atoms with Gasteiger partial charge >= 0.3 is 0 Å². The second-order valence-electron chi connectivity index (χ2n) is 5.10. The van der Waals surface area contributed by atoms with Crippen LogP contribution in [0, 0.1) is 0 Å². The predicted octanol–water partition coefficient (Wildman–Crippen LogP) is 2.35.